The Labute approximate surface area is 187 Å². The van der Waals surface area contributed by atoms with Crippen molar-refractivity contribution in [3.05, 3.63) is 72.4 Å². The van der Waals surface area contributed by atoms with Gasteiger partial charge in [0.05, 0.1) is 17.9 Å². The van der Waals surface area contributed by atoms with Crippen LogP contribution in [0.1, 0.15) is 40.8 Å². The van der Waals surface area contributed by atoms with Crippen molar-refractivity contribution >= 4 is 34.6 Å². The van der Waals surface area contributed by atoms with E-state index >= 15 is 0 Å². The van der Waals surface area contributed by atoms with E-state index in [0.717, 1.165) is 0 Å². The fraction of sp³-hybridized carbons (Fsp3) is 0.318. The average molecular weight is 460 g/mol. The number of nitrogens with zero attached hydrogens (tertiary/aromatic N) is 1. The summed E-state index contributed by atoms with van der Waals surface area (Å²) < 4.78 is 5.51. The van der Waals surface area contributed by atoms with Gasteiger partial charge in [-0.15, -0.1) is 0 Å². The number of halogens is 1. The molecule has 0 bridgehead atoms. The van der Waals surface area contributed by atoms with Gasteiger partial charge in [-0.25, -0.2) is 0 Å². The van der Waals surface area contributed by atoms with E-state index in [1.54, 1.807) is 38.1 Å². The number of nitrogens with one attached hydrogen (secondary N) is 2. The van der Waals surface area contributed by atoms with Crippen LogP contribution >= 0.6 is 11.6 Å². The number of aliphatic hydroxyl groups excluding tert-OH is 1. The summed E-state index contributed by atoms with van der Waals surface area (Å²) in [6.45, 7) is 3.59. The highest BCUT2D eigenvalue weighted by atomic mass is 35.5. The Kier molecular flexibility index (Phi) is 5.58. The fourth-order valence-corrected chi connectivity index (χ4v) is 4.02. The number of rotatable bonds is 8. The minimum Gasteiger partial charge on any atom is -0.461 e. The zero-order valence-corrected chi connectivity index (χ0v) is 18.2. The Balaban J connectivity index is 1.69. The molecule has 2 aromatic carbocycles. The lowest BCUT2D eigenvalue weighted by Gasteiger charge is -2.28. The molecule has 0 spiro atoms. The molecule has 0 saturated carbocycles. The molecule has 32 heavy (non-hydrogen) atoms. The van der Waals surface area contributed by atoms with E-state index in [9.17, 15) is 24.6 Å². The molecule has 10 heteroatoms. The summed E-state index contributed by atoms with van der Waals surface area (Å²) in [6, 6.07) is 6.40. The van der Waals surface area contributed by atoms with Gasteiger partial charge in [-0.2, -0.15) is 0 Å². The molecule has 0 aliphatic carbocycles. The van der Waals surface area contributed by atoms with E-state index in [2.05, 4.69) is 10.6 Å². The third kappa shape index (κ3) is 3.48. The first-order chi connectivity index (χ1) is 15.2. The zero-order valence-electron chi connectivity index (χ0n) is 17.5. The number of benzene rings is 1. The summed E-state index contributed by atoms with van der Waals surface area (Å²) in [5.41, 5.74) is -2.29. The molecule has 3 aromatic rings. The van der Waals surface area contributed by atoms with Gasteiger partial charge in [-0.1, -0.05) is 18.5 Å². The van der Waals surface area contributed by atoms with Crippen LogP contribution in [0.3, 0.4) is 0 Å². The molecular formula is C22H22ClN3O6. The smallest absolute Gasteiger partial charge is 0.256 e. The van der Waals surface area contributed by atoms with E-state index < -0.39 is 16.6 Å². The molecule has 1 amide bonds. The number of β-amino-alcohol motifs (C(OH)–C–C–N with tert-alkyl or cyclic N) is 1. The number of aliphatic hydroxyl groups is 2. The molecule has 4 rings (SSSR count). The first-order valence-electron chi connectivity index (χ1n) is 10.1. The van der Waals surface area contributed by atoms with Gasteiger partial charge in [0, 0.05) is 23.7 Å². The Morgan fingerprint density at radius 3 is 2.50 bits per heavy atom. The fourth-order valence-electron chi connectivity index (χ4n) is 3.80. The molecule has 1 aliphatic rings. The van der Waals surface area contributed by atoms with Gasteiger partial charge in [0.25, 0.3) is 16.8 Å². The highest BCUT2D eigenvalue weighted by Gasteiger charge is 2.36. The van der Waals surface area contributed by atoms with Crippen molar-refractivity contribution in [2.45, 2.75) is 32.5 Å². The van der Waals surface area contributed by atoms with E-state index in [1.165, 1.54) is 4.90 Å². The van der Waals surface area contributed by atoms with Gasteiger partial charge in [0.1, 0.15) is 17.1 Å². The van der Waals surface area contributed by atoms with Crippen molar-refractivity contribution < 1.29 is 19.4 Å². The quantitative estimate of drug-likeness (QED) is 0.298. The third-order valence-corrected chi connectivity index (χ3v) is 5.99. The van der Waals surface area contributed by atoms with Crippen LogP contribution in [0.4, 0.5) is 17.1 Å². The Hall–Kier alpha value is -3.14. The van der Waals surface area contributed by atoms with Crippen molar-refractivity contribution in [3.8, 4) is 0 Å². The zero-order chi connectivity index (χ0) is 23.2. The molecule has 1 aromatic heterocycles. The van der Waals surface area contributed by atoms with Gasteiger partial charge in [0.2, 0.25) is 0 Å². The SMILES string of the molecule is CC[C@@](O)(Nc1c(Nc2ccc(Cl)c3c2C(=O)N(CCO)C3)c(=O)c1=O)c1ccc(C)o1. The van der Waals surface area contributed by atoms with Crippen LogP contribution in [-0.4, -0.2) is 34.2 Å². The second-order valence-corrected chi connectivity index (χ2v) is 8.09. The summed E-state index contributed by atoms with van der Waals surface area (Å²) in [6.07, 6.45) is 0.156. The van der Waals surface area contributed by atoms with Crippen LogP contribution in [0.5, 0.6) is 0 Å². The lowest BCUT2D eigenvalue weighted by atomic mass is 10.0. The Morgan fingerprint density at radius 2 is 1.88 bits per heavy atom. The second-order valence-electron chi connectivity index (χ2n) is 7.68. The number of carbonyl (C=O) groups excluding carboxylic acids is 1. The molecule has 0 unspecified atom stereocenters. The number of carbonyl (C=O) groups is 1. The number of fused-ring (bicyclic) bond motifs is 1. The molecule has 0 saturated heterocycles. The molecule has 1 atom stereocenters. The largest absolute Gasteiger partial charge is 0.461 e. The highest BCUT2D eigenvalue weighted by molar-refractivity contribution is 6.32. The molecule has 0 fully saturated rings. The maximum Gasteiger partial charge on any atom is 0.256 e. The Morgan fingerprint density at radius 1 is 1.16 bits per heavy atom. The summed E-state index contributed by atoms with van der Waals surface area (Å²) >= 11 is 6.25. The molecular weight excluding hydrogens is 438 g/mol. The van der Waals surface area contributed by atoms with E-state index in [1.807, 2.05) is 0 Å². The number of aryl methyl sites for hydroxylation is 1. The molecule has 9 nitrogen and oxygen atoms in total. The van der Waals surface area contributed by atoms with Gasteiger partial charge in [-0.05, 0) is 37.6 Å². The first-order valence-corrected chi connectivity index (χ1v) is 10.5. The van der Waals surface area contributed by atoms with E-state index in [-0.39, 0.29) is 54.7 Å². The predicted octanol–water partition coefficient (Wildman–Crippen LogP) is 2.20. The number of furan rings is 1. The van der Waals surface area contributed by atoms with Crippen LogP contribution in [0, 0.1) is 6.92 Å². The molecule has 168 valence electrons. The summed E-state index contributed by atoms with van der Waals surface area (Å²) in [4.78, 5) is 38.9. The van der Waals surface area contributed by atoms with Crippen LogP contribution in [0.2, 0.25) is 5.02 Å². The average Bonchev–Trinajstić information content (AvgIpc) is 3.37. The van der Waals surface area contributed by atoms with E-state index in [4.69, 9.17) is 16.0 Å². The second kappa shape index (κ2) is 8.09. The monoisotopic (exact) mass is 459 g/mol. The van der Waals surface area contributed by atoms with Crippen molar-refractivity contribution in [1.82, 2.24) is 4.90 Å². The molecule has 0 radical (unpaired) electrons. The normalized spacial score (nSPS) is 15.2. The Bertz CT molecular complexity index is 1280. The maximum atomic E-state index is 12.8. The lowest BCUT2D eigenvalue weighted by molar-refractivity contribution is 0.0390. The van der Waals surface area contributed by atoms with Crippen LogP contribution in [0.25, 0.3) is 0 Å². The van der Waals surface area contributed by atoms with E-state index in [0.29, 0.717) is 22.0 Å². The summed E-state index contributed by atoms with van der Waals surface area (Å²) in [5.74, 6) is 0.446. The maximum absolute atomic E-state index is 12.8. The van der Waals surface area contributed by atoms with Crippen LogP contribution in [-0.2, 0) is 12.3 Å². The minimum absolute atomic E-state index is 0.0666. The summed E-state index contributed by atoms with van der Waals surface area (Å²) in [5, 5.41) is 26.2. The van der Waals surface area contributed by atoms with Crippen molar-refractivity contribution in [2.24, 2.45) is 0 Å². The molecule has 1 aliphatic heterocycles. The van der Waals surface area contributed by atoms with Crippen molar-refractivity contribution in [2.75, 3.05) is 23.8 Å². The molecule has 2 heterocycles. The van der Waals surface area contributed by atoms with Crippen molar-refractivity contribution in [3.63, 3.8) is 0 Å². The van der Waals surface area contributed by atoms with Gasteiger partial charge < -0.3 is 30.2 Å². The summed E-state index contributed by atoms with van der Waals surface area (Å²) in [7, 11) is 0. The minimum atomic E-state index is -1.71. The topological polar surface area (TPSA) is 132 Å². The molecule has 4 N–H and O–H groups in total. The van der Waals surface area contributed by atoms with Crippen LogP contribution < -0.4 is 21.5 Å². The lowest BCUT2D eigenvalue weighted by Crippen LogP contribution is -2.43. The first kappa shape index (κ1) is 22.1. The number of hydrogen-bond donors (Lipinski definition) is 4. The highest BCUT2D eigenvalue weighted by Crippen LogP contribution is 2.37. The van der Waals surface area contributed by atoms with Crippen LogP contribution in [0.15, 0.2) is 38.3 Å². The van der Waals surface area contributed by atoms with Crippen molar-refractivity contribution in [1.29, 1.82) is 0 Å². The number of amides is 1. The van der Waals surface area contributed by atoms with Gasteiger partial charge in [0.15, 0.2) is 11.5 Å². The van der Waals surface area contributed by atoms with Gasteiger partial charge >= 0.3 is 0 Å². The standard InChI is InChI=1S/C22H22ClN3O6/c1-3-22(31,15-7-4-11(2)32-15)25-18-17(19(28)20(18)29)24-14-6-5-13(23)12-10-26(8-9-27)21(30)16(12)14/h4-7,24-25,27,31H,3,8-10H2,1-2H3/t22-/m0/s1. The third-order valence-electron chi connectivity index (χ3n) is 5.64. The number of anilines is 3. The predicted molar refractivity (Wildman–Crippen MR) is 119 cm³/mol. The van der Waals surface area contributed by atoms with Gasteiger partial charge in [-0.3, -0.25) is 14.4 Å². The number of hydrogen-bond acceptors (Lipinski definition) is 8.